The summed E-state index contributed by atoms with van der Waals surface area (Å²) in [6, 6.07) is 0.308. The Hall–Kier alpha value is -2.38. The molecule has 0 aliphatic heterocycles. The van der Waals surface area contributed by atoms with Gasteiger partial charge in [0.1, 0.15) is 11.7 Å². The summed E-state index contributed by atoms with van der Waals surface area (Å²) in [4.78, 5) is 33.2. The smallest absolute Gasteiger partial charge is 0.326 e. The largest absolute Gasteiger partial charge is 0.480 e. The lowest BCUT2D eigenvalue weighted by molar-refractivity contribution is -0.139. The van der Waals surface area contributed by atoms with Crippen LogP contribution in [0.4, 0.5) is 0 Å². The van der Waals surface area contributed by atoms with Gasteiger partial charge in [0.05, 0.1) is 0 Å². The molecule has 0 fully saturated rings. The molecule has 0 unspecified atom stereocenters. The summed E-state index contributed by atoms with van der Waals surface area (Å²) >= 11 is 0. The number of rotatable bonds is 6. The number of aryl methyl sites for hydroxylation is 1. The lowest BCUT2D eigenvalue weighted by atomic mass is 10.1. The number of aliphatic carboxylic acids is 1. The minimum absolute atomic E-state index is 0.0474. The molecule has 0 aliphatic rings. The lowest BCUT2D eigenvalue weighted by Crippen LogP contribution is -2.42. The van der Waals surface area contributed by atoms with Crippen molar-refractivity contribution in [1.82, 2.24) is 15.1 Å². The average molecular weight is 254 g/mol. The van der Waals surface area contributed by atoms with E-state index in [1.54, 1.807) is 7.05 Å². The van der Waals surface area contributed by atoms with Gasteiger partial charge >= 0.3 is 5.97 Å². The Morgan fingerprint density at radius 2 is 2.22 bits per heavy atom. The Balaban J connectivity index is 2.67. The Labute approximate surface area is 103 Å². The number of nitrogens with zero attached hydrogens (tertiary/aromatic N) is 2. The fraction of sp³-hybridized carbons (Fsp3) is 0.400. The highest BCUT2D eigenvalue weighted by atomic mass is 16.4. The third-order valence-corrected chi connectivity index (χ3v) is 2.34. The van der Waals surface area contributed by atoms with Gasteiger partial charge in [-0.05, 0) is 12.5 Å². The Morgan fingerprint density at radius 1 is 1.56 bits per heavy atom. The van der Waals surface area contributed by atoms with Crippen LogP contribution in [0, 0.1) is 0 Å². The highest BCUT2D eigenvalue weighted by molar-refractivity contribution is 5.95. The molecular weight excluding hydrogens is 240 g/mol. The van der Waals surface area contributed by atoms with Gasteiger partial charge in [0.2, 0.25) is 5.91 Å². The maximum Gasteiger partial charge on any atom is 0.326 e. The number of nitrogens with two attached hydrogens (primary N) is 1. The number of primary amides is 1. The van der Waals surface area contributed by atoms with Crippen LogP contribution in [-0.4, -0.2) is 38.7 Å². The maximum absolute atomic E-state index is 11.7. The second-order valence-corrected chi connectivity index (χ2v) is 3.71. The molecule has 0 bridgehead atoms. The van der Waals surface area contributed by atoms with E-state index in [1.807, 2.05) is 0 Å². The molecule has 4 N–H and O–H groups in total. The van der Waals surface area contributed by atoms with E-state index in [4.69, 9.17) is 10.8 Å². The van der Waals surface area contributed by atoms with Crippen LogP contribution in [0.1, 0.15) is 23.3 Å². The van der Waals surface area contributed by atoms with Gasteiger partial charge in [-0.2, -0.15) is 5.10 Å². The van der Waals surface area contributed by atoms with Crippen LogP contribution in [0.15, 0.2) is 12.3 Å². The van der Waals surface area contributed by atoms with Crippen molar-refractivity contribution in [3.8, 4) is 0 Å². The number of aromatic nitrogens is 2. The summed E-state index contributed by atoms with van der Waals surface area (Å²) in [5.41, 5.74) is 5.17. The summed E-state index contributed by atoms with van der Waals surface area (Å²) in [7, 11) is 1.56. The quantitative estimate of drug-likeness (QED) is 0.591. The van der Waals surface area contributed by atoms with Crippen molar-refractivity contribution in [2.45, 2.75) is 18.9 Å². The van der Waals surface area contributed by atoms with Crippen molar-refractivity contribution < 1.29 is 19.5 Å². The SMILES string of the molecule is Cn1nccc1C(=O)N[C@H](CCC(N)=O)C(=O)O. The number of hydrogen-bond acceptors (Lipinski definition) is 4. The van der Waals surface area contributed by atoms with Crippen molar-refractivity contribution >= 4 is 17.8 Å². The molecule has 1 rings (SSSR count). The van der Waals surface area contributed by atoms with Crippen molar-refractivity contribution in [3.63, 3.8) is 0 Å². The predicted molar refractivity (Wildman–Crippen MR) is 60.5 cm³/mol. The van der Waals surface area contributed by atoms with Crippen molar-refractivity contribution in [3.05, 3.63) is 18.0 Å². The standard InChI is InChI=1S/C10H14N4O4/c1-14-7(4-5-12-14)9(16)13-6(10(17)18)2-3-8(11)15/h4-6H,2-3H2,1H3,(H2,11,15)(H,13,16)(H,17,18)/t6-/m1/s1. The summed E-state index contributed by atoms with van der Waals surface area (Å²) < 4.78 is 1.32. The zero-order valence-electron chi connectivity index (χ0n) is 9.79. The molecule has 0 radical (unpaired) electrons. The number of carbonyl (C=O) groups is 3. The van der Waals surface area contributed by atoms with Gasteiger partial charge in [0.15, 0.2) is 0 Å². The first-order valence-electron chi connectivity index (χ1n) is 5.21. The number of nitrogens with one attached hydrogen (secondary N) is 1. The fourth-order valence-electron chi connectivity index (χ4n) is 1.37. The molecular formula is C10H14N4O4. The molecule has 0 saturated heterocycles. The van der Waals surface area contributed by atoms with Crippen LogP contribution in [-0.2, 0) is 16.6 Å². The second kappa shape index (κ2) is 5.80. The van der Waals surface area contributed by atoms with Crippen molar-refractivity contribution in [1.29, 1.82) is 0 Å². The number of carbonyl (C=O) groups excluding carboxylic acids is 2. The molecule has 98 valence electrons. The van der Waals surface area contributed by atoms with Gasteiger partial charge in [0.25, 0.3) is 5.91 Å². The first-order valence-corrected chi connectivity index (χ1v) is 5.21. The number of carboxylic acids is 1. The van der Waals surface area contributed by atoms with Crippen molar-refractivity contribution in [2.24, 2.45) is 12.8 Å². The monoisotopic (exact) mass is 254 g/mol. The maximum atomic E-state index is 11.7. The van der Waals surface area contributed by atoms with Crippen molar-refractivity contribution in [2.75, 3.05) is 0 Å². The van der Waals surface area contributed by atoms with E-state index in [2.05, 4.69) is 10.4 Å². The molecule has 0 saturated carbocycles. The summed E-state index contributed by atoms with van der Waals surface area (Å²) in [6.07, 6.45) is 1.27. The number of carboxylic acid groups (broad SMARTS) is 1. The Kier molecular flexibility index (Phi) is 4.41. The normalized spacial score (nSPS) is 11.8. The summed E-state index contributed by atoms with van der Waals surface area (Å²) in [6.45, 7) is 0. The molecule has 2 amide bonds. The molecule has 1 aromatic rings. The van der Waals surface area contributed by atoms with Crippen LogP contribution >= 0.6 is 0 Å². The molecule has 0 aliphatic carbocycles. The van der Waals surface area contributed by atoms with E-state index in [-0.39, 0.29) is 18.5 Å². The second-order valence-electron chi connectivity index (χ2n) is 3.71. The van der Waals surface area contributed by atoms with Gasteiger partial charge in [-0.15, -0.1) is 0 Å². The van der Waals surface area contributed by atoms with Crippen LogP contribution in [0.2, 0.25) is 0 Å². The zero-order valence-corrected chi connectivity index (χ0v) is 9.79. The van der Waals surface area contributed by atoms with E-state index in [9.17, 15) is 14.4 Å². The van der Waals surface area contributed by atoms with E-state index >= 15 is 0 Å². The fourth-order valence-corrected chi connectivity index (χ4v) is 1.37. The highest BCUT2D eigenvalue weighted by Crippen LogP contribution is 2.01. The minimum atomic E-state index is -1.22. The van der Waals surface area contributed by atoms with Gasteiger partial charge in [-0.25, -0.2) is 4.79 Å². The molecule has 8 heteroatoms. The minimum Gasteiger partial charge on any atom is -0.480 e. The first kappa shape index (κ1) is 13.7. The zero-order chi connectivity index (χ0) is 13.7. The van der Waals surface area contributed by atoms with E-state index in [0.717, 1.165) is 0 Å². The molecule has 1 atom stereocenters. The van der Waals surface area contributed by atoms with Gasteiger partial charge in [-0.3, -0.25) is 14.3 Å². The molecule has 8 nitrogen and oxygen atoms in total. The van der Waals surface area contributed by atoms with Gasteiger partial charge < -0.3 is 16.2 Å². The molecule has 18 heavy (non-hydrogen) atoms. The third kappa shape index (κ3) is 3.58. The van der Waals surface area contributed by atoms with E-state index in [0.29, 0.717) is 0 Å². The first-order chi connectivity index (χ1) is 8.41. The number of amides is 2. The average Bonchev–Trinajstić information content (AvgIpc) is 2.69. The van der Waals surface area contributed by atoms with Crippen LogP contribution in [0.3, 0.4) is 0 Å². The Bertz CT molecular complexity index is 468. The lowest BCUT2D eigenvalue weighted by Gasteiger charge is -2.13. The van der Waals surface area contributed by atoms with Crippen LogP contribution < -0.4 is 11.1 Å². The van der Waals surface area contributed by atoms with Gasteiger partial charge in [0, 0.05) is 19.7 Å². The topological polar surface area (TPSA) is 127 Å². The van der Waals surface area contributed by atoms with Crippen LogP contribution in [0.25, 0.3) is 0 Å². The molecule has 1 aromatic heterocycles. The van der Waals surface area contributed by atoms with Crippen LogP contribution in [0.5, 0.6) is 0 Å². The third-order valence-electron chi connectivity index (χ3n) is 2.34. The molecule has 1 heterocycles. The molecule has 0 spiro atoms. The van der Waals surface area contributed by atoms with Gasteiger partial charge in [-0.1, -0.05) is 0 Å². The Morgan fingerprint density at radius 3 is 2.67 bits per heavy atom. The molecule has 0 aromatic carbocycles. The predicted octanol–water partition coefficient (Wildman–Crippen LogP) is -1.13. The van der Waals surface area contributed by atoms with E-state index < -0.39 is 23.8 Å². The highest BCUT2D eigenvalue weighted by Gasteiger charge is 2.22. The summed E-state index contributed by atoms with van der Waals surface area (Å²) in [5, 5.41) is 15.0. The summed E-state index contributed by atoms with van der Waals surface area (Å²) in [5.74, 6) is -2.39. The van der Waals surface area contributed by atoms with E-state index in [1.165, 1.54) is 16.9 Å². The number of hydrogen-bond donors (Lipinski definition) is 3.